The van der Waals surface area contributed by atoms with Crippen LogP contribution in [0.25, 0.3) is 11.1 Å². The van der Waals surface area contributed by atoms with E-state index in [1.807, 2.05) is 48.5 Å². The number of aromatic nitrogens is 1. The molecule has 7 heteroatoms. The predicted molar refractivity (Wildman–Crippen MR) is 105 cm³/mol. The zero-order valence-corrected chi connectivity index (χ0v) is 15.3. The van der Waals surface area contributed by atoms with Gasteiger partial charge in [-0.3, -0.25) is 5.32 Å². The van der Waals surface area contributed by atoms with E-state index in [9.17, 15) is 14.7 Å². The van der Waals surface area contributed by atoms with Gasteiger partial charge in [0, 0.05) is 12.1 Å². The van der Waals surface area contributed by atoms with Crippen LogP contribution in [-0.4, -0.2) is 28.8 Å². The van der Waals surface area contributed by atoms with Crippen molar-refractivity contribution < 1.29 is 19.4 Å². The van der Waals surface area contributed by atoms with Crippen LogP contribution in [0.3, 0.4) is 0 Å². The Hall–Kier alpha value is -3.38. The number of carbonyl (C=O) groups excluding carboxylic acids is 1. The highest BCUT2D eigenvalue weighted by atomic mass is 35.5. The number of benzene rings is 2. The number of hydrogen-bond donors (Lipinski definition) is 2. The molecule has 3 aromatic rings. The molecule has 4 rings (SSSR count). The standard InChI is InChI=1S/C21H15ClN2O4/c22-19-18(16(20(25)26)9-10-23-19)24-21(27)28-11-17-14-7-3-1-5-12(14)13-6-2-4-8-15(13)17/h1-10,17H,11H2,(H,24,27)(H,25,26). The Morgan fingerprint density at radius 2 is 1.64 bits per heavy atom. The molecule has 0 atom stereocenters. The first kappa shape index (κ1) is 18.0. The summed E-state index contributed by atoms with van der Waals surface area (Å²) in [4.78, 5) is 27.4. The average Bonchev–Trinajstić information content (AvgIpc) is 3.02. The van der Waals surface area contributed by atoms with Crippen LogP contribution in [-0.2, 0) is 4.74 Å². The van der Waals surface area contributed by atoms with Gasteiger partial charge in [-0.25, -0.2) is 14.6 Å². The number of nitrogens with zero attached hydrogens (tertiary/aromatic N) is 1. The Balaban J connectivity index is 1.53. The largest absolute Gasteiger partial charge is 0.478 e. The second kappa shape index (κ2) is 7.32. The van der Waals surface area contributed by atoms with Crippen molar-refractivity contribution >= 4 is 29.4 Å². The van der Waals surface area contributed by atoms with Gasteiger partial charge >= 0.3 is 12.1 Å². The molecule has 0 bridgehead atoms. The average molecular weight is 395 g/mol. The lowest BCUT2D eigenvalue weighted by molar-refractivity contribution is 0.0698. The number of fused-ring (bicyclic) bond motifs is 3. The zero-order valence-electron chi connectivity index (χ0n) is 14.6. The molecule has 0 fully saturated rings. The van der Waals surface area contributed by atoms with Crippen molar-refractivity contribution in [2.75, 3.05) is 11.9 Å². The predicted octanol–water partition coefficient (Wildman–Crippen LogP) is 4.79. The zero-order chi connectivity index (χ0) is 19.7. The second-order valence-electron chi connectivity index (χ2n) is 6.28. The minimum absolute atomic E-state index is 0.0890. The van der Waals surface area contributed by atoms with Crippen molar-refractivity contribution in [1.29, 1.82) is 0 Å². The molecule has 0 aliphatic heterocycles. The fraction of sp³-hybridized carbons (Fsp3) is 0.0952. The van der Waals surface area contributed by atoms with E-state index < -0.39 is 12.1 Å². The molecule has 28 heavy (non-hydrogen) atoms. The van der Waals surface area contributed by atoms with Crippen molar-refractivity contribution in [3.8, 4) is 11.1 Å². The lowest BCUT2D eigenvalue weighted by Gasteiger charge is -2.15. The van der Waals surface area contributed by atoms with Crippen LogP contribution in [0.4, 0.5) is 10.5 Å². The van der Waals surface area contributed by atoms with Gasteiger partial charge in [0.05, 0.1) is 11.3 Å². The smallest absolute Gasteiger partial charge is 0.411 e. The van der Waals surface area contributed by atoms with Gasteiger partial charge in [0.15, 0.2) is 5.15 Å². The Morgan fingerprint density at radius 1 is 1.04 bits per heavy atom. The molecule has 1 aliphatic rings. The van der Waals surface area contributed by atoms with Crippen molar-refractivity contribution in [2.45, 2.75) is 5.92 Å². The molecule has 1 aliphatic carbocycles. The normalized spacial score (nSPS) is 12.2. The van der Waals surface area contributed by atoms with Gasteiger partial charge in [-0.1, -0.05) is 60.1 Å². The lowest BCUT2D eigenvalue weighted by Crippen LogP contribution is -2.19. The van der Waals surface area contributed by atoms with E-state index in [1.54, 1.807) is 0 Å². The third kappa shape index (κ3) is 3.18. The monoisotopic (exact) mass is 394 g/mol. The molecule has 0 unspecified atom stereocenters. The number of pyridine rings is 1. The number of nitrogens with one attached hydrogen (secondary N) is 1. The summed E-state index contributed by atoms with van der Waals surface area (Å²) in [6.07, 6.45) is 0.466. The third-order valence-electron chi connectivity index (χ3n) is 4.71. The molecule has 0 radical (unpaired) electrons. The SMILES string of the molecule is O=C(Nc1c(C(=O)O)ccnc1Cl)OCC1c2ccccc2-c2ccccc21. The number of carboxylic acid groups (broad SMARTS) is 1. The number of amides is 1. The first-order chi connectivity index (χ1) is 13.6. The Morgan fingerprint density at radius 3 is 2.25 bits per heavy atom. The van der Waals surface area contributed by atoms with E-state index in [4.69, 9.17) is 16.3 Å². The van der Waals surface area contributed by atoms with Crippen LogP contribution in [0, 0.1) is 0 Å². The maximum Gasteiger partial charge on any atom is 0.411 e. The minimum Gasteiger partial charge on any atom is -0.478 e. The van der Waals surface area contributed by atoms with E-state index in [0.717, 1.165) is 22.3 Å². The quantitative estimate of drug-likeness (QED) is 0.621. The maximum atomic E-state index is 12.3. The molecule has 0 saturated heterocycles. The van der Waals surface area contributed by atoms with Gasteiger partial charge < -0.3 is 9.84 Å². The maximum absolute atomic E-state index is 12.3. The highest BCUT2D eigenvalue weighted by Crippen LogP contribution is 2.44. The summed E-state index contributed by atoms with van der Waals surface area (Å²) in [7, 11) is 0. The minimum atomic E-state index is -1.22. The molecule has 1 heterocycles. The molecular weight excluding hydrogens is 380 g/mol. The van der Waals surface area contributed by atoms with Gasteiger partial charge in [-0.15, -0.1) is 0 Å². The van der Waals surface area contributed by atoms with Crippen LogP contribution >= 0.6 is 11.6 Å². The number of ether oxygens (including phenoxy) is 1. The second-order valence-corrected chi connectivity index (χ2v) is 6.64. The summed E-state index contributed by atoms with van der Waals surface area (Å²) >= 11 is 5.93. The number of aromatic carboxylic acids is 1. The lowest BCUT2D eigenvalue weighted by atomic mass is 9.98. The molecular formula is C21H15ClN2O4. The van der Waals surface area contributed by atoms with E-state index >= 15 is 0 Å². The number of halogens is 1. The van der Waals surface area contributed by atoms with Gasteiger partial charge in [0.1, 0.15) is 6.61 Å². The van der Waals surface area contributed by atoms with Crippen LogP contribution in [0.5, 0.6) is 0 Å². The molecule has 140 valence electrons. The van der Waals surface area contributed by atoms with Gasteiger partial charge in [0.2, 0.25) is 0 Å². The molecule has 1 aromatic heterocycles. The molecule has 0 saturated carbocycles. The summed E-state index contributed by atoms with van der Waals surface area (Å²) in [5.74, 6) is -1.32. The van der Waals surface area contributed by atoms with Crippen molar-refractivity contribution in [3.05, 3.63) is 82.6 Å². The summed E-state index contributed by atoms with van der Waals surface area (Å²) in [6, 6.07) is 17.2. The van der Waals surface area contributed by atoms with E-state index in [-0.39, 0.29) is 28.9 Å². The molecule has 6 nitrogen and oxygen atoms in total. The van der Waals surface area contributed by atoms with Crippen LogP contribution < -0.4 is 5.32 Å². The summed E-state index contributed by atoms with van der Waals surface area (Å²) < 4.78 is 5.40. The first-order valence-corrected chi connectivity index (χ1v) is 8.94. The van der Waals surface area contributed by atoms with E-state index in [0.29, 0.717) is 0 Å². The Labute approximate surface area is 165 Å². The number of anilines is 1. The number of rotatable bonds is 4. The van der Waals surface area contributed by atoms with Crippen LogP contribution in [0.1, 0.15) is 27.4 Å². The Kier molecular flexibility index (Phi) is 4.71. The summed E-state index contributed by atoms with van der Waals surface area (Å²) in [5.41, 5.74) is 4.16. The van der Waals surface area contributed by atoms with Crippen LogP contribution in [0.2, 0.25) is 5.15 Å². The molecule has 0 spiro atoms. The number of carboxylic acids is 1. The van der Waals surface area contributed by atoms with Gasteiger partial charge in [0.25, 0.3) is 0 Å². The van der Waals surface area contributed by atoms with Crippen molar-refractivity contribution in [3.63, 3.8) is 0 Å². The Bertz CT molecular complexity index is 1040. The third-order valence-corrected chi connectivity index (χ3v) is 4.99. The fourth-order valence-corrected chi connectivity index (χ4v) is 3.68. The fourth-order valence-electron chi connectivity index (χ4n) is 3.47. The number of hydrogen-bond acceptors (Lipinski definition) is 4. The molecule has 2 aromatic carbocycles. The summed E-state index contributed by atoms with van der Waals surface area (Å²) in [5, 5.41) is 11.5. The first-order valence-electron chi connectivity index (χ1n) is 8.56. The highest BCUT2D eigenvalue weighted by Gasteiger charge is 2.29. The molecule has 2 N–H and O–H groups in total. The van der Waals surface area contributed by atoms with Gasteiger partial charge in [-0.05, 0) is 28.3 Å². The molecule has 1 amide bonds. The summed E-state index contributed by atoms with van der Waals surface area (Å²) in [6.45, 7) is 0.111. The van der Waals surface area contributed by atoms with Gasteiger partial charge in [-0.2, -0.15) is 0 Å². The van der Waals surface area contributed by atoms with Crippen LogP contribution in [0.15, 0.2) is 60.8 Å². The van der Waals surface area contributed by atoms with E-state index in [1.165, 1.54) is 12.3 Å². The van der Waals surface area contributed by atoms with Crippen molar-refractivity contribution in [1.82, 2.24) is 4.98 Å². The number of carbonyl (C=O) groups is 2. The van der Waals surface area contributed by atoms with E-state index in [2.05, 4.69) is 10.3 Å². The van der Waals surface area contributed by atoms with Crippen molar-refractivity contribution in [2.24, 2.45) is 0 Å². The highest BCUT2D eigenvalue weighted by molar-refractivity contribution is 6.33. The topological polar surface area (TPSA) is 88.5 Å².